The number of rotatable bonds is 6. The maximum Gasteiger partial charge on any atom is 0.227 e. The SMILES string of the molecule is C=CCCNC1CCC(C(=O)Nc2ccc3[nH]ccc3c2)CC1.[Cl-].[Cl-]. The third kappa shape index (κ3) is 5.77. The normalized spacial score (nSPS) is 19.5. The Morgan fingerprint density at radius 2 is 1.96 bits per heavy atom. The van der Waals surface area contributed by atoms with Crippen molar-refractivity contribution in [1.29, 1.82) is 0 Å². The van der Waals surface area contributed by atoms with Crippen LogP contribution in [-0.4, -0.2) is 23.5 Å². The number of H-pyrrole nitrogens is 1. The van der Waals surface area contributed by atoms with Gasteiger partial charge in [0, 0.05) is 34.7 Å². The Morgan fingerprint density at radius 1 is 1.20 bits per heavy atom. The molecule has 1 amide bonds. The van der Waals surface area contributed by atoms with Gasteiger partial charge in [0.15, 0.2) is 0 Å². The van der Waals surface area contributed by atoms with Gasteiger partial charge < -0.3 is 40.4 Å². The van der Waals surface area contributed by atoms with Crippen LogP contribution in [0.5, 0.6) is 0 Å². The molecule has 4 nitrogen and oxygen atoms in total. The Bertz CT molecular complexity index is 678. The highest BCUT2D eigenvalue weighted by atomic mass is 35.5. The van der Waals surface area contributed by atoms with E-state index in [1.165, 1.54) is 0 Å². The van der Waals surface area contributed by atoms with Crippen LogP contribution >= 0.6 is 0 Å². The van der Waals surface area contributed by atoms with Crippen molar-refractivity contribution >= 4 is 22.5 Å². The van der Waals surface area contributed by atoms with Crippen molar-refractivity contribution in [2.75, 3.05) is 11.9 Å². The zero-order valence-corrected chi connectivity index (χ0v) is 15.7. The Kier molecular flexibility index (Phi) is 9.04. The topological polar surface area (TPSA) is 56.9 Å². The number of aromatic nitrogens is 1. The van der Waals surface area contributed by atoms with Crippen molar-refractivity contribution in [1.82, 2.24) is 10.3 Å². The number of anilines is 1. The zero-order chi connectivity index (χ0) is 16.1. The summed E-state index contributed by atoms with van der Waals surface area (Å²) in [5, 5.41) is 7.74. The molecule has 138 valence electrons. The molecule has 0 spiro atoms. The van der Waals surface area contributed by atoms with Crippen LogP contribution in [0.15, 0.2) is 43.1 Å². The Balaban J connectivity index is 0.00000156. The number of carbonyl (C=O) groups excluding carboxylic acids is 1. The lowest BCUT2D eigenvalue weighted by Crippen LogP contribution is -3.00. The Morgan fingerprint density at radius 3 is 2.68 bits per heavy atom. The number of halogens is 2. The fraction of sp³-hybridized carbons (Fsp3) is 0.421. The van der Waals surface area contributed by atoms with Gasteiger partial charge in [-0.1, -0.05) is 6.08 Å². The van der Waals surface area contributed by atoms with E-state index in [9.17, 15) is 4.79 Å². The largest absolute Gasteiger partial charge is 1.00 e. The predicted octanol–water partition coefficient (Wildman–Crippen LogP) is -2.16. The van der Waals surface area contributed by atoms with E-state index in [4.69, 9.17) is 0 Å². The minimum absolute atomic E-state index is 0. The highest BCUT2D eigenvalue weighted by Crippen LogP contribution is 2.26. The molecule has 2 aromatic rings. The first-order chi connectivity index (χ1) is 11.3. The monoisotopic (exact) mass is 381 g/mol. The predicted molar refractivity (Wildman–Crippen MR) is 95.5 cm³/mol. The molecule has 1 aliphatic carbocycles. The second kappa shape index (κ2) is 10.5. The molecule has 1 heterocycles. The summed E-state index contributed by atoms with van der Waals surface area (Å²) in [6.45, 7) is 4.73. The third-order valence-corrected chi connectivity index (χ3v) is 4.70. The quantitative estimate of drug-likeness (QED) is 0.394. The molecule has 1 fully saturated rings. The summed E-state index contributed by atoms with van der Waals surface area (Å²) in [5.41, 5.74) is 1.97. The number of carbonyl (C=O) groups is 1. The van der Waals surface area contributed by atoms with Gasteiger partial charge >= 0.3 is 0 Å². The molecule has 0 unspecified atom stereocenters. The fourth-order valence-electron chi connectivity index (χ4n) is 3.32. The first kappa shape index (κ1) is 21.6. The van der Waals surface area contributed by atoms with Gasteiger partial charge in [-0.25, -0.2) is 0 Å². The summed E-state index contributed by atoms with van der Waals surface area (Å²) < 4.78 is 0. The summed E-state index contributed by atoms with van der Waals surface area (Å²) in [5.74, 6) is 0.291. The van der Waals surface area contributed by atoms with Gasteiger partial charge in [0.25, 0.3) is 0 Å². The molecule has 0 atom stereocenters. The van der Waals surface area contributed by atoms with Crippen LogP contribution in [0.3, 0.4) is 0 Å². The number of hydrogen-bond acceptors (Lipinski definition) is 2. The fourth-order valence-corrected chi connectivity index (χ4v) is 3.32. The van der Waals surface area contributed by atoms with Crippen LogP contribution in [0.25, 0.3) is 10.9 Å². The molecule has 1 aromatic carbocycles. The summed E-state index contributed by atoms with van der Waals surface area (Å²) in [6, 6.07) is 8.55. The number of nitrogens with one attached hydrogen (secondary N) is 3. The lowest BCUT2D eigenvalue weighted by molar-refractivity contribution is -0.120. The number of benzene rings is 1. The summed E-state index contributed by atoms with van der Waals surface area (Å²) in [6.07, 6.45) is 8.93. The molecular weight excluding hydrogens is 357 g/mol. The first-order valence-electron chi connectivity index (χ1n) is 8.48. The number of fused-ring (bicyclic) bond motifs is 1. The van der Waals surface area contributed by atoms with E-state index in [1.807, 2.05) is 36.5 Å². The highest BCUT2D eigenvalue weighted by Gasteiger charge is 2.25. The van der Waals surface area contributed by atoms with Crippen LogP contribution < -0.4 is 35.4 Å². The van der Waals surface area contributed by atoms with E-state index in [1.54, 1.807) is 0 Å². The summed E-state index contributed by atoms with van der Waals surface area (Å²) in [4.78, 5) is 15.6. The Hall–Kier alpha value is -1.49. The van der Waals surface area contributed by atoms with Gasteiger partial charge in [-0.3, -0.25) is 4.79 Å². The molecule has 3 rings (SSSR count). The number of amides is 1. The molecule has 3 N–H and O–H groups in total. The molecule has 25 heavy (non-hydrogen) atoms. The third-order valence-electron chi connectivity index (χ3n) is 4.70. The van der Waals surface area contributed by atoms with E-state index < -0.39 is 0 Å². The van der Waals surface area contributed by atoms with Crippen molar-refractivity contribution in [3.63, 3.8) is 0 Å². The molecule has 1 aliphatic rings. The van der Waals surface area contributed by atoms with Crippen LogP contribution in [-0.2, 0) is 4.79 Å². The first-order valence-corrected chi connectivity index (χ1v) is 8.48. The van der Waals surface area contributed by atoms with Crippen molar-refractivity contribution in [2.24, 2.45) is 5.92 Å². The van der Waals surface area contributed by atoms with Gasteiger partial charge in [-0.2, -0.15) is 0 Å². The minimum atomic E-state index is 0. The van der Waals surface area contributed by atoms with Crippen molar-refractivity contribution in [2.45, 2.75) is 38.1 Å². The van der Waals surface area contributed by atoms with Crippen LogP contribution in [0.2, 0.25) is 0 Å². The summed E-state index contributed by atoms with van der Waals surface area (Å²) >= 11 is 0. The maximum absolute atomic E-state index is 12.5. The smallest absolute Gasteiger partial charge is 0.227 e. The van der Waals surface area contributed by atoms with E-state index >= 15 is 0 Å². The lowest BCUT2D eigenvalue weighted by atomic mass is 9.85. The van der Waals surface area contributed by atoms with E-state index in [-0.39, 0.29) is 36.6 Å². The molecule has 1 aromatic heterocycles. The second-order valence-corrected chi connectivity index (χ2v) is 6.35. The maximum atomic E-state index is 12.5. The van der Waals surface area contributed by atoms with Crippen molar-refractivity contribution < 1.29 is 29.6 Å². The molecule has 0 bridgehead atoms. The molecule has 6 heteroatoms. The Labute approximate surface area is 161 Å². The van der Waals surface area contributed by atoms with E-state index in [0.29, 0.717) is 6.04 Å². The van der Waals surface area contributed by atoms with Crippen LogP contribution in [0.1, 0.15) is 32.1 Å². The minimum Gasteiger partial charge on any atom is -1.00 e. The van der Waals surface area contributed by atoms with Crippen LogP contribution in [0.4, 0.5) is 5.69 Å². The highest BCUT2D eigenvalue weighted by molar-refractivity contribution is 5.95. The average Bonchev–Trinajstić information content (AvgIpc) is 3.03. The molecule has 0 radical (unpaired) electrons. The average molecular weight is 382 g/mol. The number of hydrogen-bond donors (Lipinski definition) is 3. The van der Waals surface area contributed by atoms with Crippen molar-refractivity contribution in [3.05, 3.63) is 43.1 Å². The molecular formula is C19H25Cl2N3O-2. The number of aromatic amines is 1. The lowest BCUT2D eigenvalue weighted by Gasteiger charge is -2.28. The standard InChI is InChI=1S/C19H25N3O.2ClH/c1-2-3-11-20-16-6-4-14(5-7-16)19(23)22-17-8-9-18-15(13-17)10-12-21-18;;/h2,8-10,12-14,16,20-21H,1,3-7,11H2,(H,22,23);2*1H/p-2. The van der Waals surface area contributed by atoms with E-state index in [2.05, 4.69) is 22.2 Å². The molecule has 0 saturated heterocycles. The van der Waals surface area contributed by atoms with Gasteiger partial charge in [-0.05, 0) is 62.9 Å². The molecule has 0 aliphatic heterocycles. The van der Waals surface area contributed by atoms with Crippen molar-refractivity contribution in [3.8, 4) is 0 Å². The summed E-state index contributed by atoms with van der Waals surface area (Å²) in [7, 11) is 0. The van der Waals surface area contributed by atoms with Gasteiger partial charge in [0.1, 0.15) is 0 Å². The molecule has 1 saturated carbocycles. The van der Waals surface area contributed by atoms with Gasteiger partial charge in [0.2, 0.25) is 5.91 Å². The van der Waals surface area contributed by atoms with Gasteiger partial charge in [0.05, 0.1) is 0 Å². The zero-order valence-electron chi connectivity index (χ0n) is 14.2. The second-order valence-electron chi connectivity index (χ2n) is 6.35. The van der Waals surface area contributed by atoms with Crippen LogP contribution in [0, 0.1) is 5.92 Å². The van der Waals surface area contributed by atoms with Gasteiger partial charge in [-0.15, -0.1) is 6.58 Å². The van der Waals surface area contributed by atoms with E-state index in [0.717, 1.165) is 55.2 Å².